The van der Waals surface area contributed by atoms with Crippen LogP contribution in [0.15, 0.2) is 24.3 Å². The maximum atomic E-state index is 13.5. The van der Waals surface area contributed by atoms with Crippen LogP contribution in [-0.4, -0.2) is 5.11 Å². The van der Waals surface area contributed by atoms with Crippen LogP contribution in [0, 0.1) is 5.82 Å². The van der Waals surface area contributed by atoms with Gasteiger partial charge in [-0.25, -0.2) is 4.39 Å². The van der Waals surface area contributed by atoms with Gasteiger partial charge in [0.15, 0.2) is 5.75 Å². The van der Waals surface area contributed by atoms with Gasteiger partial charge in [0.25, 0.3) is 0 Å². The van der Waals surface area contributed by atoms with Crippen molar-refractivity contribution in [2.24, 2.45) is 0 Å². The van der Waals surface area contributed by atoms with Gasteiger partial charge >= 0.3 is 0 Å². The van der Waals surface area contributed by atoms with Crippen LogP contribution in [0.2, 0.25) is 20.1 Å². The zero-order valence-electron chi connectivity index (χ0n) is 10.7. The Morgan fingerprint density at radius 1 is 0.952 bits per heavy atom. The Morgan fingerprint density at radius 3 is 2.10 bits per heavy atom. The Bertz CT molecular complexity index is 670. The van der Waals surface area contributed by atoms with Crippen LogP contribution in [0.5, 0.6) is 5.75 Å². The number of anilines is 1. The molecule has 21 heavy (non-hydrogen) atoms. The van der Waals surface area contributed by atoms with Crippen LogP contribution in [0.1, 0.15) is 18.5 Å². The second-order valence-electron chi connectivity index (χ2n) is 4.44. The average Bonchev–Trinajstić information content (AvgIpc) is 2.40. The van der Waals surface area contributed by atoms with E-state index in [4.69, 9.17) is 46.4 Å². The quantitative estimate of drug-likeness (QED) is 0.490. The highest BCUT2D eigenvalue weighted by atomic mass is 35.5. The third-order valence-electron chi connectivity index (χ3n) is 2.91. The lowest BCUT2D eigenvalue weighted by atomic mass is 10.1. The maximum absolute atomic E-state index is 13.5. The van der Waals surface area contributed by atoms with Crippen molar-refractivity contribution in [3.63, 3.8) is 0 Å². The van der Waals surface area contributed by atoms with Crippen molar-refractivity contribution in [2.75, 3.05) is 5.32 Å². The predicted molar refractivity (Wildman–Crippen MR) is 86.6 cm³/mol. The Balaban J connectivity index is 2.30. The minimum atomic E-state index is -0.550. The molecule has 0 fully saturated rings. The highest BCUT2D eigenvalue weighted by Gasteiger charge is 2.15. The SMILES string of the molecule is CC(Nc1cc(Cl)c(O)c(Cl)c1)c1cc(F)c(Cl)cc1Cl. The summed E-state index contributed by atoms with van der Waals surface area (Å²) < 4.78 is 13.5. The van der Waals surface area contributed by atoms with Gasteiger partial charge in [-0.1, -0.05) is 46.4 Å². The third-order valence-corrected chi connectivity index (χ3v) is 4.10. The van der Waals surface area contributed by atoms with Gasteiger partial charge in [-0.2, -0.15) is 0 Å². The lowest BCUT2D eigenvalue weighted by molar-refractivity contribution is 0.476. The van der Waals surface area contributed by atoms with Crippen LogP contribution in [0.3, 0.4) is 0 Å². The van der Waals surface area contributed by atoms with Crippen LogP contribution >= 0.6 is 46.4 Å². The normalized spacial score (nSPS) is 12.3. The fourth-order valence-corrected chi connectivity index (χ4v) is 2.88. The second-order valence-corrected chi connectivity index (χ2v) is 6.07. The van der Waals surface area contributed by atoms with Crippen molar-refractivity contribution >= 4 is 52.1 Å². The van der Waals surface area contributed by atoms with Gasteiger partial charge in [-0.3, -0.25) is 0 Å². The van der Waals surface area contributed by atoms with Crippen molar-refractivity contribution < 1.29 is 9.50 Å². The molecule has 2 nitrogen and oxygen atoms in total. The Labute approximate surface area is 141 Å². The highest BCUT2D eigenvalue weighted by Crippen LogP contribution is 2.36. The lowest BCUT2D eigenvalue weighted by Gasteiger charge is -2.18. The van der Waals surface area contributed by atoms with Crippen molar-refractivity contribution in [3.05, 3.63) is 55.7 Å². The first-order valence-corrected chi connectivity index (χ1v) is 7.39. The fourth-order valence-electron chi connectivity index (χ4n) is 1.85. The van der Waals surface area contributed by atoms with Crippen molar-refractivity contribution in [1.82, 2.24) is 0 Å². The van der Waals surface area contributed by atoms with Gasteiger partial charge in [-0.05, 0) is 36.8 Å². The number of phenols is 1. The summed E-state index contributed by atoms with van der Waals surface area (Å²) in [7, 11) is 0. The Kier molecular flexibility index (Phi) is 5.10. The molecule has 0 radical (unpaired) electrons. The van der Waals surface area contributed by atoms with E-state index in [-0.39, 0.29) is 26.9 Å². The van der Waals surface area contributed by atoms with E-state index >= 15 is 0 Å². The standard InChI is InChI=1S/C14H10Cl4FNO/c1-6(8-4-13(19)10(16)5-9(8)15)20-7-2-11(17)14(21)12(18)3-7/h2-6,20-21H,1H3. The second kappa shape index (κ2) is 6.49. The summed E-state index contributed by atoms with van der Waals surface area (Å²) in [6.07, 6.45) is 0. The van der Waals surface area contributed by atoms with E-state index in [1.54, 1.807) is 6.92 Å². The number of halogens is 5. The van der Waals surface area contributed by atoms with Crippen LogP contribution in [0.4, 0.5) is 10.1 Å². The number of hydrogen-bond acceptors (Lipinski definition) is 2. The number of rotatable bonds is 3. The zero-order chi connectivity index (χ0) is 15.7. The average molecular weight is 369 g/mol. The molecule has 1 unspecified atom stereocenters. The Morgan fingerprint density at radius 2 is 1.52 bits per heavy atom. The molecule has 0 aliphatic heterocycles. The molecule has 112 valence electrons. The van der Waals surface area contributed by atoms with Crippen molar-refractivity contribution in [2.45, 2.75) is 13.0 Å². The van der Waals surface area contributed by atoms with E-state index in [1.165, 1.54) is 24.3 Å². The zero-order valence-corrected chi connectivity index (χ0v) is 13.7. The molecule has 0 saturated carbocycles. The molecule has 0 bridgehead atoms. The monoisotopic (exact) mass is 367 g/mol. The summed E-state index contributed by atoms with van der Waals surface area (Å²) in [6, 6.07) is 5.33. The largest absolute Gasteiger partial charge is 0.505 e. The molecule has 2 rings (SSSR count). The molecule has 2 N–H and O–H groups in total. The Hall–Kier alpha value is -0.870. The van der Waals surface area contributed by atoms with E-state index in [2.05, 4.69) is 5.32 Å². The van der Waals surface area contributed by atoms with Gasteiger partial charge < -0.3 is 10.4 Å². The number of phenolic OH excluding ortho intramolecular Hbond substituents is 1. The van der Waals surface area contributed by atoms with Crippen molar-refractivity contribution in [1.29, 1.82) is 0 Å². The van der Waals surface area contributed by atoms with E-state index in [0.29, 0.717) is 16.3 Å². The van der Waals surface area contributed by atoms with Gasteiger partial charge in [0, 0.05) is 10.7 Å². The summed E-state index contributed by atoms with van der Waals surface area (Å²) in [5.41, 5.74) is 1.11. The molecule has 7 heteroatoms. The van der Waals surface area contributed by atoms with Crippen LogP contribution in [-0.2, 0) is 0 Å². The maximum Gasteiger partial charge on any atom is 0.152 e. The van der Waals surface area contributed by atoms with Gasteiger partial charge in [0.1, 0.15) is 5.82 Å². The number of aromatic hydroxyl groups is 1. The molecule has 2 aromatic carbocycles. The predicted octanol–water partition coefficient (Wildman–Crippen LogP) is 6.32. The lowest BCUT2D eigenvalue weighted by Crippen LogP contribution is -2.08. The minimum Gasteiger partial charge on any atom is -0.505 e. The molecule has 0 spiro atoms. The number of hydrogen-bond donors (Lipinski definition) is 2. The van der Waals surface area contributed by atoms with Crippen LogP contribution < -0.4 is 5.32 Å². The molecule has 1 atom stereocenters. The molecular formula is C14H10Cl4FNO. The molecule has 0 amide bonds. The first-order chi connectivity index (χ1) is 9.79. The molecular weight excluding hydrogens is 359 g/mol. The van der Waals surface area contributed by atoms with Crippen molar-refractivity contribution in [3.8, 4) is 5.75 Å². The van der Waals surface area contributed by atoms with Crippen LogP contribution in [0.25, 0.3) is 0 Å². The number of nitrogens with one attached hydrogen (secondary N) is 1. The topological polar surface area (TPSA) is 32.3 Å². The van der Waals surface area contributed by atoms with Gasteiger partial charge in [0.05, 0.1) is 21.1 Å². The summed E-state index contributed by atoms with van der Waals surface area (Å²) in [4.78, 5) is 0. The van der Waals surface area contributed by atoms with E-state index in [1.807, 2.05) is 0 Å². The molecule has 0 heterocycles. The molecule has 0 aliphatic rings. The van der Waals surface area contributed by atoms with E-state index in [9.17, 15) is 9.50 Å². The summed E-state index contributed by atoms with van der Waals surface area (Å²) in [5.74, 6) is -0.737. The van der Waals surface area contributed by atoms with E-state index in [0.717, 1.165) is 0 Å². The third kappa shape index (κ3) is 3.67. The molecule has 0 saturated heterocycles. The van der Waals surface area contributed by atoms with E-state index < -0.39 is 5.82 Å². The summed E-state index contributed by atoms with van der Waals surface area (Å²) >= 11 is 23.4. The van der Waals surface area contributed by atoms with Gasteiger partial charge in [0.2, 0.25) is 0 Å². The fraction of sp³-hybridized carbons (Fsp3) is 0.143. The van der Waals surface area contributed by atoms with Gasteiger partial charge in [-0.15, -0.1) is 0 Å². The highest BCUT2D eigenvalue weighted by molar-refractivity contribution is 6.37. The molecule has 0 aliphatic carbocycles. The molecule has 2 aromatic rings. The first kappa shape index (κ1) is 16.5. The first-order valence-electron chi connectivity index (χ1n) is 5.88. The summed E-state index contributed by atoms with van der Waals surface area (Å²) in [6.45, 7) is 1.79. The molecule has 0 aromatic heterocycles. The smallest absolute Gasteiger partial charge is 0.152 e. The summed E-state index contributed by atoms with van der Waals surface area (Å²) in [5, 5.41) is 13.1. The number of benzene rings is 2. The minimum absolute atomic E-state index is 0.0355.